The van der Waals surface area contributed by atoms with Crippen molar-refractivity contribution in [3.8, 4) is 11.5 Å². The largest absolute Gasteiger partial charge is 0.493 e. The van der Waals surface area contributed by atoms with Crippen LogP contribution < -0.4 is 9.47 Å². The van der Waals surface area contributed by atoms with Crippen LogP contribution in [-0.4, -0.2) is 36.4 Å². The summed E-state index contributed by atoms with van der Waals surface area (Å²) in [5.74, 6) is -0.847. The van der Waals surface area contributed by atoms with Crippen LogP contribution >= 0.6 is 15.9 Å². The lowest BCUT2D eigenvalue weighted by Crippen LogP contribution is -2.39. The highest BCUT2D eigenvalue weighted by molar-refractivity contribution is 9.09. The van der Waals surface area contributed by atoms with E-state index < -0.39 is 17.3 Å². The maximum absolute atomic E-state index is 12.9. The molecule has 0 fully saturated rings. The van der Waals surface area contributed by atoms with Gasteiger partial charge in [0.25, 0.3) is 0 Å². The van der Waals surface area contributed by atoms with Gasteiger partial charge in [0, 0.05) is 16.8 Å². The van der Waals surface area contributed by atoms with Crippen LogP contribution in [0.5, 0.6) is 11.5 Å². The van der Waals surface area contributed by atoms with Crippen LogP contribution in [0.4, 0.5) is 0 Å². The zero-order chi connectivity index (χ0) is 17.2. The smallest absolute Gasteiger partial charge is 0.318 e. The molecule has 1 N–H and O–H groups in total. The molecule has 2 atom stereocenters. The zero-order valence-electron chi connectivity index (χ0n) is 13.5. The number of unbranched alkanes of at least 4 members (excludes halogenated alkanes) is 1. The van der Waals surface area contributed by atoms with Crippen LogP contribution in [0.3, 0.4) is 0 Å². The molecule has 1 aliphatic carbocycles. The normalized spacial score (nSPS) is 22.8. The Hall–Kier alpha value is -1.56. The van der Waals surface area contributed by atoms with E-state index in [-0.39, 0.29) is 5.78 Å². The molecule has 0 bridgehead atoms. The number of halogens is 1. The highest BCUT2D eigenvalue weighted by Crippen LogP contribution is 2.52. The van der Waals surface area contributed by atoms with Gasteiger partial charge in [-0.25, -0.2) is 0 Å². The average Bonchev–Trinajstić information content (AvgIpc) is 2.75. The Labute approximate surface area is 144 Å². The van der Waals surface area contributed by atoms with E-state index in [0.29, 0.717) is 35.5 Å². The highest BCUT2D eigenvalue weighted by atomic mass is 79.9. The van der Waals surface area contributed by atoms with Gasteiger partial charge in [-0.15, -0.1) is 0 Å². The summed E-state index contributed by atoms with van der Waals surface area (Å²) in [7, 11) is 3.01. The van der Waals surface area contributed by atoms with Crippen LogP contribution in [0.2, 0.25) is 0 Å². The van der Waals surface area contributed by atoms with Gasteiger partial charge in [0.05, 0.1) is 14.2 Å². The number of hydrogen-bond donors (Lipinski definition) is 1. The summed E-state index contributed by atoms with van der Waals surface area (Å²) >= 11 is 3.34. The van der Waals surface area contributed by atoms with Crippen LogP contribution in [-0.2, 0) is 4.79 Å². The van der Waals surface area contributed by atoms with Gasteiger partial charge >= 0.3 is 5.97 Å². The summed E-state index contributed by atoms with van der Waals surface area (Å²) in [6, 6.07) is 3.33. The molecule has 0 heterocycles. The van der Waals surface area contributed by atoms with Crippen molar-refractivity contribution in [3.63, 3.8) is 0 Å². The molecule has 6 heteroatoms. The summed E-state index contributed by atoms with van der Waals surface area (Å²) in [6.45, 7) is 1.80. The number of ketones is 1. The second-order valence-electron chi connectivity index (χ2n) is 5.77. The SMILES string of the molecule is COc1cc2c(cc1OC)C(C)C(CCCCBr)(C(=O)O)C2=O. The van der Waals surface area contributed by atoms with Crippen LogP contribution in [0.15, 0.2) is 12.1 Å². The molecular formula is C17H21BrO5. The number of carboxylic acid groups (broad SMARTS) is 1. The quantitative estimate of drug-likeness (QED) is 0.441. The molecule has 1 aromatic carbocycles. The van der Waals surface area contributed by atoms with E-state index in [9.17, 15) is 14.7 Å². The van der Waals surface area contributed by atoms with Crippen molar-refractivity contribution >= 4 is 27.7 Å². The molecule has 0 spiro atoms. The van der Waals surface area contributed by atoms with E-state index >= 15 is 0 Å². The number of hydrogen-bond acceptors (Lipinski definition) is 4. The fourth-order valence-corrected chi connectivity index (χ4v) is 3.77. The molecular weight excluding hydrogens is 364 g/mol. The summed E-state index contributed by atoms with van der Waals surface area (Å²) < 4.78 is 10.5. The molecule has 0 aliphatic heterocycles. The summed E-state index contributed by atoms with van der Waals surface area (Å²) in [5.41, 5.74) is -0.257. The molecule has 126 valence electrons. The third-order valence-electron chi connectivity index (χ3n) is 4.75. The molecule has 0 aromatic heterocycles. The van der Waals surface area contributed by atoms with Crippen molar-refractivity contribution in [2.24, 2.45) is 5.41 Å². The first-order chi connectivity index (χ1) is 10.9. The van der Waals surface area contributed by atoms with Crippen molar-refractivity contribution in [1.82, 2.24) is 0 Å². The second-order valence-corrected chi connectivity index (χ2v) is 6.56. The predicted octanol–water partition coefficient (Wildman–Crippen LogP) is 3.64. The lowest BCUT2D eigenvalue weighted by molar-refractivity contribution is -0.147. The van der Waals surface area contributed by atoms with E-state index in [0.717, 1.165) is 11.8 Å². The Bertz CT molecular complexity index is 628. The number of ether oxygens (including phenoxy) is 2. The van der Waals surface area contributed by atoms with Crippen molar-refractivity contribution < 1.29 is 24.2 Å². The van der Waals surface area contributed by atoms with Gasteiger partial charge < -0.3 is 14.6 Å². The van der Waals surface area contributed by atoms with Gasteiger partial charge in [0.15, 0.2) is 17.3 Å². The Kier molecular flexibility index (Phi) is 5.34. The number of methoxy groups -OCH3 is 2. The van der Waals surface area contributed by atoms with Gasteiger partial charge in [-0.2, -0.15) is 0 Å². The van der Waals surface area contributed by atoms with E-state index in [2.05, 4.69) is 15.9 Å². The standard InChI is InChI=1S/C17H21BrO5/c1-10-11-8-13(22-2)14(23-3)9-12(11)15(19)17(10,16(20)21)6-4-5-7-18/h8-10H,4-7H2,1-3H3,(H,20,21). The molecule has 0 saturated heterocycles. The number of carbonyl (C=O) groups excluding carboxylic acids is 1. The molecule has 5 nitrogen and oxygen atoms in total. The fourth-order valence-electron chi connectivity index (χ4n) is 3.37. The Morgan fingerprint density at radius 3 is 2.39 bits per heavy atom. The maximum Gasteiger partial charge on any atom is 0.318 e. The predicted molar refractivity (Wildman–Crippen MR) is 90.0 cm³/mol. The molecule has 1 aromatic rings. The van der Waals surface area contributed by atoms with Crippen LogP contribution in [0.1, 0.15) is 48.0 Å². The molecule has 2 unspecified atom stereocenters. The average molecular weight is 385 g/mol. The fraction of sp³-hybridized carbons (Fsp3) is 0.529. The summed E-state index contributed by atoms with van der Waals surface area (Å²) in [4.78, 5) is 25.0. The third kappa shape index (κ3) is 2.73. The number of aliphatic carboxylic acids is 1. The van der Waals surface area contributed by atoms with Crippen molar-refractivity contribution in [2.75, 3.05) is 19.5 Å². The molecule has 23 heavy (non-hydrogen) atoms. The minimum Gasteiger partial charge on any atom is -0.493 e. The van der Waals surface area contributed by atoms with E-state index in [1.807, 2.05) is 0 Å². The monoisotopic (exact) mass is 384 g/mol. The molecule has 0 amide bonds. The maximum atomic E-state index is 12.9. The van der Waals surface area contributed by atoms with E-state index in [1.54, 1.807) is 19.1 Å². The van der Waals surface area contributed by atoms with Crippen LogP contribution in [0.25, 0.3) is 0 Å². The number of alkyl halides is 1. The lowest BCUT2D eigenvalue weighted by Gasteiger charge is -2.27. The molecule has 2 rings (SSSR count). The topological polar surface area (TPSA) is 72.8 Å². The minimum atomic E-state index is -1.40. The summed E-state index contributed by atoms with van der Waals surface area (Å²) in [6.07, 6.45) is 1.83. The number of carbonyl (C=O) groups is 2. The first kappa shape index (κ1) is 17.8. The molecule has 1 aliphatic rings. The van der Waals surface area contributed by atoms with Gasteiger partial charge in [-0.05, 0) is 30.5 Å². The number of rotatable bonds is 7. The van der Waals surface area contributed by atoms with E-state index in [1.165, 1.54) is 14.2 Å². The number of carboxylic acids is 1. The number of benzene rings is 1. The Balaban J connectivity index is 2.52. The van der Waals surface area contributed by atoms with Crippen molar-refractivity contribution in [3.05, 3.63) is 23.3 Å². The Morgan fingerprint density at radius 2 is 1.87 bits per heavy atom. The molecule has 0 saturated carbocycles. The van der Waals surface area contributed by atoms with Crippen molar-refractivity contribution in [1.29, 1.82) is 0 Å². The first-order valence-corrected chi connectivity index (χ1v) is 8.66. The minimum absolute atomic E-state index is 0.327. The van der Waals surface area contributed by atoms with Gasteiger partial charge in [-0.1, -0.05) is 29.3 Å². The Morgan fingerprint density at radius 1 is 1.26 bits per heavy atom. The van der Waals surface area contributed by atoms with Gasteiger partial charge in [0.1, 0.15) is 5.41 Å². The number of fused-ring (bicyclic) bond motifs is 1. The van der Waals surface area contributed by atoms with E-state index in [4.69, 9.17) is 9.47 Å². The van der Waals surface area contributed by atoms with Crippen molar-refractivity contribution in [2.45, 2.75) is 32.1 Å². The lowest BCUT2D eigenvalue weighted by atomic mass is 9.72. The molecule has 0 radical (unpaired) electrons. The zero-order valence-corrected chi connectivity index (χ0v) is 15.1. The third-order valence-corrected chi connectivity index (χ3v) is 5.31. The van der Waals surface area contributed by atoms with Gasteiger partial charge in [-0.3, -0.25) is 9.59 Å². The second kappa shape index (κ2) is 6.91. The first-order valence-electron chi connectivity index (χ1n) is 7.54. The van der Waals surface area contributed by atoms with Crippen LogP contribution in [0, 0.1) is 5.41 Å². The summed E-state index contributed by atoms with van der Waals surface area (Å²) in [5, 5.41) is 10.6. The highest BCUT2D eigenvalue weighted by Gasteiger charge is 2.56. The number of Topliss-reactive ketones (excluding diaryl/α,β-unsaturated/α-hetero) is 1. The van der Waals surface area contributed by atoms with Gasteiger partial charge in [0.2, 0.25) is 0 Å².